The summed E-state index contributed by atoms with van der Waals surface area (Å²) in [5.74, 6) is -1.06. The van der Waals surface area contributed by atoms with E-state index in [4.69, 9.17) is 0 Å². The van der Waals surface area contributed by atoms with Crippen LogP contribution in [-0.2, 0) is 0 Å². The molecule has 1 aliphatic rings. The van der Waals surface area contributed by atoms with Crippen LogP contribution in [0.15, 0.2) is 35.6 Å². The molecule has 1 aliphatic carbocycles. The molecule has 0 aromatic heterocycles. The van der Waals surface area contributed by atoms with Crippen LogP contribution in [0.3, 0.4) is 0 Å². The summed E-state index contributed by atoms with van der Waals surface area (Å²) in [7, 11) is 0. The minimum atomic E-state index is -0.446. The van der Waals surface area contributed by atoms with E-state index in [9.17, 15) is 14.7 Å². The van der Waals surface area contributed by atoms with Crippen LogP contribution in [0, 0.1) is 0 Å². The number of unbranched alkanes of at least 4 members (excludes halogenated alkanes) is 8. The molecule has 1 unspecified atom stereocenters. The number of hydrogen-bond acceptors (Lipinski definition) is 4. The number of aliphatic hydroxyl groups excluding tert-OH is 1. The average molecular weight is 400 g/mol. The van der Waals surface area contributed by atoms with Crippen LogP contribution >= 0.6 is 0 Å². The Bertz CT molecular complexity index is 721. The molecule has 0 radical (unpaired) electrons. The van der Waals surface area contributed by atoms with Crippen molar-refractivity contribution in [3.8, 4) is 0 Å². The Balaban J connectivity index is 1.96. The first kappa shape index (κ1) is 23.3. The van der Waals surface area contributed by atoms with Gasteiger partial charge in [0.2, 0.25) is 5.78 Å². The van der Waals surface area contributed by atoms with Crippen LogP contribution in [0.1, 0.15) is 106 Å². The number of carbonyl (C=O) groups excluding carboxylic acids is 2. The highest BCUT2D eigenvalue weighted by Crippen LogP contribution is 2.29. The topological polar surface area (TPSA) is 66.4 Å². The molecular weight excluding hydrogens is 362 g/mol. The third kappa shape index (κ3) is 6.53. The van der Waals surface area contributed by atoms with Crippen molar-refractivity contribution in [1.82, 2.24) is 5.32 Å². The second-order valence-corrected chi connectivity index (χ2v) is 8.46. The predicted octanol–water partition coefficient (Wildman–Crippen LogP) is 6.17. The summed E-state index contributed by atoms with van der Waals surface area (Å²) in [6, 6.07) is 6.60. The number of allylic oxidation sites excluding steroid dienone is 1. The molecule has 4 heteroatoms. The fourth-order valence-electron chi connectivity index (χ4n) is 4.08. The van der Waals surface area contributed by atoms with E-state index in [0.717, 1.165) is 19.3 Å². The minimum absolute atomic E-state index is 0.152. The third-order valence-electron chi connectivity index (χ3n) is 5.61. The molecule has 0 heterocycles. The Morgan fingerprint density at radius 3 is 1.90 bits per heavy atom. The summed E-state index contributed by atoms with van der Waals surface area (Å²) in [6.45, 7) is 6.27. The van der Waals surface area contributed by atoms with Gasteiger partial charge in [-0.1, -0.05) is 103 Å². The maximum Gasteiger partial charge on any atom is 0.228 e. The van der Waals surface area contributed by atoms with Gasteiger partial charge in [0, 0.05) is 23.2 Å². The van der Waals surface area contributed by atoms with Gasteiger partial charge in [0.1, 0.15) is 0 Å². The van der Waals surface area contributed by atoms with Gasteiger partial charge < -0.3 is 10.4 Å². The van der Waals surface area contributed by atoms with Gasteiger partial charge in [-0.25, -0.2) is 0 Å². The molecule has 160 valence electrons. The number of carbonyl (C=O) groups is 2. The maximum atomic E-state index is 13.0. The summed E-state index contributed by atoms with van der Waals surface area (Å²) in [5.41, 5.74) is 0.931. The fraction of sp³-hybridized carbons (Fsp3) is 0.600. The largest absolute Gasteiger partial charge is 0.504 e. The van der Waals surface area contributed by atoms with Crippen LogP contribution in [0.2, 0.25) is 0 Å². The number of benzene rings is 1. The van der Waals surface area contributed by atoms with Gasteiger partial charge in [0.05, 0.1) is 5.57 Å². The van der Waals surface area contributed by atoms with Crippen LogP contribution < -0.4 is 5.32 Å². The number of aliphatic hydroxyl groups is 1. The molecule has 0 aliphatic heterocycles. The number of rotatable bonds is 13. The van der Waals surface area contributed by atoms with E-state index in [1.165, 1.54) is 44.9 Å². The number of fused-ring (bicyclic) bond motifs is 1. The SMILES string of the molecule is CCCCCCCCCCCC(NC(C)C)C1=C(O)C(=O)c2ccccc2C1=O. The highest BCUT2D eigenvalue weighted by molar-refractivity contribution is 6.26. The first-order chi connectivity index (χ1) is 14.0. The summed E-state index contributed by atoms with van der Waals surface area (Å²) >= 11 is 0. The predicted molar refractivity (Wildman–Crippen MR) is 119 cm³/mol. The second kappa shape index (κ2) is 11.9. The summed E-state index contributed by atoms with van der Waals surface area (Å²) < 4.78 is 0. The van der Waals surface area contributed by atoms with Crippen molar-refractivity contribution in [2.75, 3.05) is 0 Å². The Kier molecular flexibility index (Phi) is 9.59. The van der Waals surface area contributed by atoms with Crippen molar-refractivity contribution < 1.29 is 14.7 Å². The molecule has 0 spiro atoms. The molecule has 2 N–H and O–H groups in total. The minimum Gasteiger partial charge on any atom is -0.504 e. The average Bonchev–Trinajstić information content (AvgIpc) is 2.70. The molecule has 4 nitrogen and oxygen atoms in total. The molecule has 0 saturated carbocycles. The van der Waals surface area contributed by atoms with Crippen molar-refractivity contribution in [3.63, 3.8) is 0 Å². The van der Waals surface area contributed by atoms with Gasteiger partial charge in [-0.05, 0) is 6.42 Å². The first-order valence-electron chi connectivity index (χ1n) is 11.3. The monoisotopic (exact) mass is 399 g/mol. The molecule has 0 saturated heterocycles. The number of hydrogen-bond donors (Lipinski definition) is 2. The quantitative estimate of drug-likeness (QED) is 0.390. The Labute approximate surface area is 175 Å². The zero-order chi connectivity index (χ0) is 21.2. The Hall–Kier alpha value is -1.94. The van der Waals surface area contributed by atoms with Gasteiger partial charge in [0.25, 0.3) is 0 Å². The normalized spacial score (nSPS) is 15.2. The second-order valence-electron chi connectivity index (χ2n) is 8.46. The lowest BCUT2D eigenvalue weighted by Gasteiger charge is -2.27. The van der Waals surface area contributed by atoms with E-state index in [-0.39, 0.29) is 29.2 Å². The van der Waals surface area contributed by atoms with E-state index in [0.29, 0.717) is 11.1 Å². The van der Waals surface area contributed by atoms with Crippen molar-refractivity contribution in [2.45, 2.75) is 97.1 Å². The van der Waals surface area contributed by atoms with Gasteiger partial charge in [-0.15, -0.1) is 0 Å². The molecule has 0 amide bonds. The molecule has 0 bridgehead atoms. The molecule has 0 fully saturated rings. The molecule has 29 heavy (non-hydrogen) atoms. The maximum absolute atomic E-state index is 13.0. The van der Waals surface area contributed by atoms with E-state index in [2.05, 4.69) is 12.2 Å². The first-order valence-corrected chi connectivity index (χ1v) is 11.3. The molecule has 1 aromatic rings. The lowest BCUT2D eigenvalue weighted by Crippen LogP contribution is -2.41. The highest BCUT2D eigenvalue weighted by atomic mass is 16.3. The van der Waals surface area contributed by atoms with E-state index >= 15 is 0 Å². The van der Waals surface area contributed by atoms with E-state index < -0.39 is 5.78 Å². The van der Waals surface area contributed by atoms with Crippen molar-refractivity contribution >= 4 is 11.6 Å². The van der Waals surface area contributed by atoms with E-state index in [1.807, 2.05) is 13.8 Å². The summed E-state index contributed by atoms with van der Waals surface area (Å²) in [4.78, 5) is 25.6. The lowest BCUT2D eigenvalue weighted by molar-refractivity contribution is 0.0920. The van der Waals surface area contributed by atoms with Crippen molar-refractivity contribution in [2.24, 2.45) is 0 Å². The molecular formula is C25H37NO3. The smallest absolute Gasteiger partial charge is 0.228 e. The number of ketones is 2. The van der Waals surface area contributed by atoms with Crippen molar-refractivity contribution in [3.05, 3.63) is 46.7 Å². The Morgan fingerprint density at radius 2 is 1.34 bits per heavy atom. The Morgan fingerprint density at radius 1 is 0.828 bits per heavy atom. The van der Waals surface area contributed by atoms with Gasteiger partial charge >= 0.3 is 0 Å². The third-order valence-corrected chi connectivity index (χ3v) is 5.61. The summed E-state index contributed by atoms with van der Waals surface area (Å²) in [5, 5.41) is 13.9. The van der Waals surface area contributed by atoms with Gasteiger partial charge in [0.15, 0.2) is 11.5 Å². The lowest BCUT2D eigenvalue weighted by atomic mass is 9.83. The fourth-order valence-corrected chi connectivity index (χ4v) is 4.08. The number of nitrogens with one attached hydrogen (secondary N) is 1. The molecule has 1 atom stereocenters. The molecule has 1 aromatic carbocycles. The van der Waals surface area contributed by atoms with Crippen LogP contribution in [-0.4, -0.2) is 28.8 Å². The van der Waals surface area contributed by atoms with Crippen molar-refractivity contribution in [1.29, 1.82) is 0 Å². The van der Waals surface area contributed by atoms with Gasteiger partial charge in [-0.2, -0.15) is 0 Å². The van der Waals surface area contributed by atoms with Crippen LogP contribution in [0.25, 0.3) is 0 Å². The number of Topliss-reactive ketones (excluding diaryl/α,β-unsaturated/α-hetero) is 2. The zero-order valence-corrected chi connectivity index (χ0v) is 18.3. The standard InChI is InChI=1S/C25H37NO3/c1-4-5-6-7-8-9-10-11-12-17-21(26-18(2)3)22-23(27)19-15-13-14-16-20(19)24(28)25(22)29/h13-16,18,21,26,29H,4-12,17H2,1-3H3. The van der Waals surface area contributed by atoms with E-state index in [1.54, 1.807) is 24.3 Å². The van der Waals surface area contributed by atoms with Crippen LogP contribution in [0.5, 0.6) is 0 Å². The summed E-state index contributed by atoms with van der Waals surface area (Å²) in [6.07, 6.45) is 11.8. The van der Waals surface area contributed by atoms with Gasteiger partial charge in [-0.3, -0.25) is 9.59 Å². The highest BCUT2D eigenvalue weighted by Gasteiger charge is 2.35. The molecule has 2 rings (SSSR count). The van der Waals surface area contributed by atoms with Crippen LogP contribution in [0.4, 0.5) is 0 Å². The zero-order valence-electron chi connectivity index (χ0n) is 18.3.